The van der Waals surface area contributed by atoms with Gasteiger partial charge in [-0.05, 0) is 25.5 Å². The Morgan fingerprint density at radius 2 is 2.22 bits per heavy atom. The zero-order valence-electron chi connectivity index (χ0n) is 10.7. The van der Waals surface area contributed by atoms with Crippen LogP contribution in [0.2, 0.25) is 0 Å². The number of ether oxygens (including phenoxy) is 1. The summed E-state index contributed by atoms with van der Waals surface area (Å²) in [4.78, 5) is 16.5. The molecule has 0 radical (unpaired) electrons. The van der Waals surface area contributed by atoms with Crippen LogP contribution in [0.4, 0.5) is 0 Å². The van der Waals surface area contributed by atoms with Gasteiger partial charge < -0.3 is 4.74 Å². The minimum absolute atomic E-state index is 0.0916. The Bertz CT molecular complexity index is 554. The number of carbonyl (C=O) groups is 1. The zero-order valence-corrected chi connectivity index (χ0v) is 10.7. The normalized spacial score (nSPS) is 10.4. The maximum atomic E-state index is 12.5. The molecule has 5 nitrogen and oxygen atoms in total. The second-order valence-electron chi connectivity index (χ2n) is 3.90. The quantitative estimate of drug-likeness (QED) is 0.771. The van der Waals surface area contributed by atoms with E-state index in [0.717, 1.165) is 5.56 Å². The maximum Gasteiger partial charge on any atom is 0.215 e. The number of rotatable bonds is 4. The predicted octanol–water partition coefficient (Wildman–Crippen LogP) is 1.85. The number of hydrogen-bond donors (Lipinski definition) is 0. The minimum atomic E-state index is -0.0916. The van der Waals surface area contributed by atoms with Crippen LogP contribution in [0.15, 0.2) is 24.7 Å². The van der Waals surface area contributed by atoms with Gasteiger partial charge in [0.1, 0.15) is 0 Å². The number of pyridine rings is 1. The lowest BCUT2D eigenvalue weighted by Crippen LogP contribution is -2.13. The number of methoxy groups -OCH3 is 1. The minimum Gasteiger partial charge on any atom is -0.493 e. The van der Waals surface area contributed by atoms with E-state index in [1.165, 1.54) is 7.11 Å². The molecule has 0 fully saturated rings. The molecule has 0 spiro atoms. The molecule has 18 heavy (non-hydrogen) atoms. The van der Waals surface area contributed by atoms with E-state index in [0.29, 0.717) is 23.6 Å². The Labute approximate surface area is 105 Å². The first-order chi connectivity index (χ1) is 8.69. The van der Waals surface area contributed by atoms with Crippen molar-refractivity contribution in [3.8, 4) is 5.75 Å². The van der Waals surface area contributed by atoms with Gasteiger partial charge in [0.25, 0.3) is 0 Å². The van der Waals surface area contributed by atoms with E-state index >= 15 is 0 Å². The lowest BCUT2D eigenvalue weighted by Gasteiger charge is -2.08. The molecule has 0 bridgehead atoms. The third-order valence-corrected chi connectivity index (χ3v) is 2.81. The number of nitrogens with zero attached hydrogens (tertiary/aromatic N) is 3. The Hall–Kier alpha value is -2.17. The molecule has 0 unspecified atom stereocenters. The van der Waals surface area contributed by atoms with E-state index < -0.39 is 0 Å². The Balaban J connectivity index is 2.52. The highest BCUT2D eigenvalue weighted by atomic mass is 16.5. The van der Waals surface area contributed by atoms with Gasteiger partial charge in [-0.15, -0.1) is 0 Å². The molecule has 0 saturated carbocycles. The summed E-state index contributed by atoms with van der Waals surface area (Å²) >= 11 is 0. The van der Waals surface area contributed by atoms with E-state index in [-0.39, 0.29) is 5.78 Å². The lowest BCUT2D eigenvalue weighted by molar-refractivity contribution is 0.102. The number of aromatic nitrogens is 3. The monoisotopic (exact) mass is 245 g/mol. The standard InChI is InChI=1S/C13H15N3O2/c1-4-16-12(11(18-3)8-15-16)13(17)10-5-6-14-7-9(10)2/h5-8H,4H2,1-3H3. The molecular weight excluding hydrogens is 230 g/mol. The van der Waals surface area contributed by atoms with Gasteiger partial charge in [0.05, 0.1) is 13.3 Å². The fraction of sp³-hybridized carbons (Fsp3) is 0.308. The molecule has 0 aliphatic heterocycles. The van der Waals surface area contributed by atoms with Crippen molar-refractivity contribution < 1.29 is 9.53 Å². The first kappa shape index (κ1) is 12.3. The summed E-state index contributed by atoms with van der Waals surface area (Å²) in [5.74, 6) is 0.407. The molecule has 0 N–H and O–H groups in total. The average molecular weight is 245 g/mol. The molecule has 0 saturated heterocycles. The van der Waals surface area contributed by atoms with Gasteiger partial charge in [0.2, 0.25) is 5.78 Å². The van der Waals surface area contributed by atoms with Crippen LogP contribution in [-0.2, 0) is 6.54 Å². The molecule has 2 aromatic rings. The molecule has 0 amide bonds. The molecular formula is C13H15N3O2. The summed E-state index contributed by atoms with van der Waals surface area (Å²) in [7, 11) is 1.53. The number of carbonyl (C=O) groups excluding carboxylic acids is 1. The Morgan fingerprint density at radius 3 is 2.83 bits per heavy atom. The van der Waals surface area contributed by atoms with Crippen molar-refractivity contribution >= 4 is 5.78 Å². The van der Waals surface area contributed by atoms with Gasteiger partial charge in [-0.2, -0.15) is 5.10 Å². The molecule has 2 aromatic heterocycles. The van der Waals surface area contributed by atoms with Crippen LogP contribution in [0.3, 0.4) is 0 Å². The second-order valence-corrected chi connectivity index (χ2v) is 3.90. The van der Waals surface area contributed by atoms with Gasteiger partial charge in [0, 0.05) is 24.5 Å². The van der Waals surface area contributed by atoms with E-state index in [4.69, 9.17) is 4.74 Å². The van der Waals surface area contributed by atoms with Crippen molar-refractivity contribution in [2.75, 3.05) is 7.11 Å². The van der Waals surface area contributed by atoms with Crippen LogP contribution in [0.25, 0.3) is 0 Å². The van der Waals surface area contributed by atoms with Crippen LogP contribution in [0.5, 0.6) is 5.75 Å². The molecule has 0 aromatic carbocycles. The van der Waals surface area contributed by atoms with Crippen molar-refractivity contribution in [2.24, 2.45) is 0 Å². The largest absolute Gasteiger partial charge is 0.493 e. The van der Waals surface area contributed by atoms with Crippen LogP contribution in [0.1, 0.15) is 28.5 Å². The summed E-state index contributed by atoms with van der Waals surface area (Å²) in [5, 5.41) is 4.14. The van der Waals surface area contributed by atoms with Crippen molar-refractivity contribution in [3.63, 3.8) is 0 Å². The van der Waals surface area contributed by atoms with E-state index in [1.807, 2.05) is 13.8 Å². The summed E-state index contributed by atoms with van der Waals surface area (Å²) in [5.41, 5.74) is 1.95. The highest BCUT2D eigenvalue weighted by Gasteiger charge is 2.21. The van der Waals surface area contributed by atoms with Crippen LogP contribution < -0.4 is 4.74 Å². The topological polar surface area (TPSA) is 57.0 Å². The average Bonchev–Trinajstić information content (AvgIpc) is 2.81. The summed E-state index contributed by atoms with van der Waals surface area (Å²) in [6, 6.07) is 1.71. The highest BCUT2D eigenvalue weighted by Crippen LogP contribution is 2.22. The lowest BCUT2D eigenvalue weighted by atomic mass is 10.0. The number of hydrogen-bond acceptors (Lipinski definition) is 4. The molecule has 0 aliphatic rings. The predicted molar refractivity (Wildman–Crippen MR) is 66.9 cm³/mol. The molecule has 2 heterocycles. The summed E-state index contributed by atoms with van der Waals surface area (Å²) in [6.07, 6.45) is 4.85. The molecule has 5 heteroatoms. The number of aryl methyl sites for hydroxylation is 2. The third kappa shape index (κ3) is 1.99. The molecule has 2 rings (SSSR count). The van der Waals surface area contributed by atoms with E-state index in [2.05, 4.69) is 10.1 Å². The van der Waals surface area contributed by atoms with Crippen LogP contribution >= 0.6 is 0 Å². The number of ketones is 1. The van der Waals surface area contributed by atoms with Gasteiger partial charge in [0.15, 0.2) is 11.4 Å². The Kier molecular flexibility index (Phi) is 3.41. The van der Waals surface area contributed by atoms with Crippen molar-refractivity contribution in [2.45, 2.75) is 20.4 Å². The van der Waals surface area contributed by atoms with Crippen molar-refractivity contribution in [3.05, 3.63) is 41.5 Å². The van der Waals surface area contributed by atoms with Gasteiger partial charge in [-0.1, -0.05) is 0 Å². The Morgan fingerprint density at radius 1 is 1.44 bits per heavy atom. The third-order valence-electron chi connectivity index (χ3n) is 2.81. The molecule has 0 atom stereocenters. The molecule has 94 valence electrons. The fourth-order valence-corrected chi connectivity index (χ4v) is 1.84. The van der Waals surface area contributed by atoms with Gasteiger partial charge in [-0.3, -0.25) is 14.5 Å². The highest BCUT2D eigenvalue weighted by molar-refractivity contribution is 6.10. The fourth-order valence-electron chi connectivity index (χ4n) is 1.84. The zero-order chi connectivity index (χ0) is 13.1. The SMILES string of the molecule is CCn1ncc(OC)c1C(=O)c1ccncc1C. The molecule has 0 aliphatic carbocycles. The maximum absolute atomic E-state index is 12.5. The first-order valence-corrected chi connectivity index (χ1v) is 5.74. The smallest absolute Gasteiger partial charge is 0.215 e. The summed E-state index contributed by atoms with van der Waals surface area (Å²) in [6.45, 7) is 4.41. The van der Waals surface area contributed by atoms with E-state index in [9.17, 15) is 4.79 Å². The van der Waals surface area contributed by atoms with Gasteiger partial charge >= 0.3 is 0 Å². The van der Waals surface area contributed by atoms with Crippen LogP contribution in [-0.4, -0.2) is 27.7 Å². The first-order valence-electron chi connectivity index (χ1n) is 5.74. The summed E-state index contributed by atoms with van der Waals surface area (Å²) < 4.78 is 6.83. The van der Waals surface area contributed by atoms with Gasteiger partial charge in [-0.25, -0.2) is 0 Å². The second kappa shape index (κ2) is 5.00. The van der Waals surface area contributed by atoms with Crippen molar-refractivity contribution in [1.82, 2.24) is 14.8 Å². The van der Waals surface area contributed by atoms with Crippen LogP contribution in [0, 0.1) is 6.92 Å². The van der Waals surface area contributed by atoms with Crippen molar-refractivity contribution in [1.29, 1.82) is 0 Å². The van der Waals surface area contributed by atoms with E-state index in [1.54, 1.807) is 29.3 Å².